The molecule has 4 nitrogen and oxygen atoms in total. The first-order chi connectivity index (χ1) is 8.70. The Balaban J connectivity index is 2.13. The van der Waals surface area contributed by atoms with E-state index in [2.05, 4.69) is 38.1 Å². The molecule has 2 rings (SSSR count). The van der Waals surface area contributed by atoms with Gasteiger partial charge in [-0.25, -0.2) is 4.39 Å². The maximum Gasteiger partial charge on any atom is 0.248 e. The van der Waals surface area contributed by atoms with Gasteiger partial charge in [0.25, 0.3) is 0 Å². The highest BCUT2D eigenvalue weighted by Gasteiger charge is 2.11. The standard InChI is InChI=1S/C12H13FIN3O/c1-15-6-2-3-11-16-17-12(18-11)9-5-4-8(13)7-10(9)14/h4-5,7,15H,2-3,6H2,1H3. The van der Waals surface area contributed by atoms with Crippen LogP contribution in [-0.4, -0.2) is 23.8 Å². The molecule has 0 aliphatic heterocycles. The van der Waals surface area contributed by atoms with Crippen molar-refractivity contribution < 1.29 is 8.81 Å². The maximum atomic E-state index is 13.0. The molecule has 0 aliphatic carbocycles. The fourth-order valence-corrected chi connectivity index (χ4v) is 2.25. The molecule has 0 amide bonds. The molecule has 18 heavy (non-hydrogen) atoms. The third-order valence-electron chi connectivity index (χ3n) is 2.45. The van der Waals surface area contributed by atoms with Crippen molar-refractivity contribution in [3.05, 3.63) is 33.5 Å². The Labute approximate surface area is 118 Å². The zero-order chi connectivity index (χ0) is 13.0. The second-order valence-electron chi connectivity index (χ2n) is 3.83. The average Bonchev–Trinajstić information content (AvgIpc) is 2.78. The molecule has 1 N–H and O–H groups in total. The zero-order valence-electron chi connectivity index (χ0n) is 9.91. The largest absolute Gasteiger partial charge is 0.421 e. The first-order valence-corrected chi connectivity index (χ1v) is 6.71. The lowest BCUT2D eigenvalue weighted by atomic mass is 10.2. The van der Waals surface area contributed by atoms with E-state index in [4.69, 9.17) is 4.42 Å². The number of rotatable bonds is 5. The highest BCUT2D eigenvalue weighted by atomic mass is 127. The minimum absolute atomic E-state index is 0.267. The predicted molar refractivity (Wildman–Crippen MR) is 74.7 cm³/mol. The third-order valence-corrected chi connectivity index (χ3v) is 3.34. The summed E-state index contributed by atoms with van der Waals surface area (Å²) in [4.78, 5) is 0. The third kappa shape index (κ3) is 3.26. The predicted octanol–water partition coefficient (Wildman–Crippen LogP) is 2.63. The number of aryl methyl sites for hydroxylation is 1. The Morgan fingerprint density at radius 2 is 2.22 bits per heavy atom. The second kappa shape index (κ2) is 6.24. The van der Waals surface area contributed by atoms with Gasteiger partial charge in [0, 0.05) is 9.99 Å². The quantitative estimate of drug-likeness (QED) is 0.657. The minimum Gasteiger partial charge on any atom is -0.421 e. The molecule has 0 atom stereocenters. The van der Waals surface area contributed by atoms with E-state index in [0.717, 1.165) is 28.5 Å². The fraction of sp³-hybridized carbons (Fsp3) is 0.333. The Morgan fingerprint density at radius 1 is 1.39 bits per heavy atom. The molecule has 96 valence electrons. The smallest absolute Gasteiger partial charge is 0.248 e. The minimum atomic E-state index is -0.267. The van der Waals surface area contributed by atoms with Gasteiger partial charge in [-0.3, -0.25) is 0 Å². The molecular formula is C12H13FIN3O. The summed E-state index contributed by atoms with van der Waals surface area (Å²) >= 11 is 2.06. The number of nitrogens with one attached hydrogen (secondary N) is 1. The number of hydrogen-bond donors (Lipinski definition) is 1. The van der Waals surface area contributed by atoms with Crippen molar-refractivity contribution in [1.82, 2.24) is 15.5 Å². The molecule has 0 unspecified atom stereocenters. The van der Waals surface area contributed by atoms with Crippen LogP contribution in [0.4, 0.5) is 4.39 Å². The fourth-order valence-electron chi connectivity index (χ4n) is 1.54. The molecular weight excluding hydrogens is 348 g/mol. The van der Waals surface area contributed by atoms with Gasteiger partial charge >= 0.3 is 0 Å². The summed E-state index contributed by atoms with van der Waals surface area (Å²) in [6.07, 6.45) is 1.68. The Morgan fingerprint density at radius 3 is 2.94 bits per heavy atom. The summed E-state index contributed by atoms with van der Waals surface area (Å²) in [5, 5.41) is 11.0. The first kappa shape index (κ1) is 13.4. The molecule has 0 aliphatic rings. The van der Waals surface area contributed by atoms with Crippen molar-refractivity contribution in [2.24, 2.45) is 0 Å². The van der Waals surface area contributed by atoms with E-state index < -0.39 is 0 Å². The van der Waals surface area contributed by atoms with E-state index in [1.54, 1.807) is 6.07 Å². The van der Waals surface area contributed by atoms with Gasteiger partial charge in [0.15, 0.2) is 0 Å². The summed E-state index contributed by atoms with van der Waals surface area (Å²) in [6.45, 7) is 0.909. The lowest BCUT2D eigenvalue weighted by Crippen LogP contribution is -2.08. The van der Waals surface area contributed by atoms with Crippen LogP contribution in [0.3, 0.4) is 0 Å². The Hall–Kier alpha value is -1.02. The van der Waals surface area contributed by atoms with E-state index in [1.165, 1.54) is 12.1 Å². The topological polar surface area (TPSA) is 51.0 Å². The highest BCUT2D eigenvalue weighted by molar-refractivity contribution is 14.1. The average molecular weight is 361 g/mol. The van der Waals surface area contributed by atoms with Crippen LogP contribution < -0.4 is 5.32 Å². The van der Waals surface area contributed by atoms with Gasteiger partial charge in [-0.2, -0.15) is 0 Å². The zero-order valence-corrected chi connectivity index (χ0v) is 12.1. The summed E-state index contributed by atoms with van der Waals surface area (Å²) < 4.78 is 19.3. The van der Waals surface area contributed by atoms with Crippen molar-refractivity contribution in [2.45, 2.75) is 12.8 Å². The molecule has 1 aromatic carbocycles. The summed E-state index contributed by atoms with van der Waals surface area (Å²) in [5.41, 5.74) is 0.768. The van der Waals surface area contributed by atoms with Gasteiger partial charge in [-0.1, -0.05) is 0 Å². The molecule has 1 heterocycles. The highest BCUT2D eigenvalue weighted by Crippen LogP contribution is 2.24. The van der Waals surface area contributed by atoms with Crippen LogP contribution in [0.2, 0.25) is 0 Å². The van der Waals surface area contributed by atoms with Crippen molar-refractivity contribution in [3.8, 4) is 11.5 Å². The summed E-state index contributed by atoms with van der Waals surface area (Å²) in [7, 11) is 1.90. The number of benzene rings is 1. The number of aromatic nitrogens is 2. The van der Waals surface area contributed by atoms with E-state index in [1.807, 2.05) is 7.05 Å². The molecule has 0 saturated carbocycles. The first-order valence-electron chi connectivity index (χ1n) is 5.63. The molecule has 2 aromatic rings. The second-order valence-corrected chi connectivity index (χ2v) is 4.99. The lowest BCUT2D eigenvalue weighted by molar-refractivity contribution is 0.494. The van der Waals surface area contributed by atoms with Crippen LogP contribution in [0.25, 0.3) is 11.5 Å². The van der Waals surface area contributed by atoms with Crippen LogP contribution in [0.1, 0.15) is 12.3 Å². The van der Waals surface area contributed by atoms with Crippen molar-refractivity contribution in [2.75, 3.05) is 13.6 Å². The van der Waals surface area contributed by atoms with Crippen LogP contribution in [0, 0.1) is 9.39 Å². The van der Waals surface area contributed by atoms with Crippen LogP contribution in [-0.2, 0) is 6.42 Å². The number of halogens is 2. The van der Waals surface area contributed by atoms with Crippen LogP contribution in [0.5, 0.6) is 0 Å². The van der Waals surface area contributed by atoms with Gasteiger partial charge in [-0.05, 0) is 60.8 Å². The van der Waals surface area contributed by atoms with Gasteiger partial charge in [-0.15, -0.1) is 10.2 Å². The monoisotopic (exact) mass is 361 g/mol. The van der Waals surface area contributed by atoms with Gasteiger partial charge in [0.05, 0.1) is 5.56 Å². The van der Waals surface area contributed by atoms with E-state index in [-0.39, 0.29) is 5.82 Å². The van der Waals surface area contributed by atoms with Crippen molar-refractivity contribution >= 4 is 22.6 Å². The summed E-state index contributed by atoms with van der Waals surface area (Å²) in [6, 6.07) is 4.49. The molecule has 0 saturated heterocycles. The Bertz CT molecular complexity index is 530. The molecule has 0 fully saturated rings. The molecule has 1 aromatic heterocycles. The normalized spacial score (nSPS) is 10.8. The maximum absolute atomic E-state index is 13.0. The molecule has 6 heteroatoms. The number of hydrogen-bond acceptors (Lipinski definition) is 4. The van der Waals surface area contributed by atoms with E-state index >= 15 is 0 Å². The van der Waals surface area contributed by atoms with Gasteiger partial charge < -0.3 is 9.73 Å². The Kier molecular flexibility index (Phi) is 4.65. The molecule has 0 spiro atoms. The molecule has 0 radical (unpaired) electrons. The van der Waals surface area contributed by atoms with Gasteiger partial charge in [0.1, 0.15) is 5.82 Å². The summed E-state index contributed by atoms with van der Waals surface area (Å²) in [5.74, 6) is 0.788. The van der Waals surface area contributed by atoms with Gasteiger partial charge in [0.2, 0.25) is 11.8 Å². The van der Waals surface area contributed by atoms with Crippen LogP contribution >= 0.6 is 22.6 Å². The lowest BCUT2D eigenvalue weighted by Gasteiger charge is -1.99. The van der Waals surface area contributed by atoms with E-state index in [9.17, 15) is 4.39 Å². The van der Waals surface area contributed by atoms with E-state index in [0.29, 0.717) is 11.8 Å². The van der Waals surface area contributed by atoms with Crippen molar-refractivity contribution in [3.63, 3.8) is 0 Å². The molecule has 0 bridgehead atoms. The van der Waals surface area contributed by atoms with Crippen molar-refractivity contribution in [1.29, 1.82) is 0 Å². The number of nitrogens with zero attached hydrogens (tertiary/aromatic N) is 2. The SMILES string of the molecule is CNCCCc1nnc(-c2ccc(F)cc2I)o1. The van der Waals surface area contributed by atoms with Crippen LogP contribution in [0.15, 0.2) is 22.6 Å².